The zero-order chi connectivity index (χ0) is 17.5. The summed E-state index contributed by atoms with van der Waals surface area (Å²) in [5.74, 6) is -0.350. The summed E-state index contributed by atoms with van der Waals surface area (Å²) in [6.45, 7) is 5.23. The molecule has 7 heteroatoms. The third-order valence-corrected chi connectivity index (χ3v) is 4.41. The lowest BCUT2D eigenvalue weighted by Crippen LogP contribution is -2.57. The van der Waals surface area contributed by atoms with E-state index in [2.05, 4.69) is 10.2 Å². The molecule has 0 aliphatic carbocycles. The normalized spacial score (nSPS) is 18.4. The number of amides is 3. The second kappa shape index (κ2) is 8.89. The molecule has 24 heavy (non-hydrogen) atoms. The summed E-state index contributed by atoms with van der Waals surface area (Å²) >= 11 is 5.92. The second-order valence-electron chi connectivity index (χ2n) is 6.10. The first-order valence-corrected chi connectivity index (χ1v) is 8.67. The van der Waals surface area contributed by atoms with Gasteiger partial charge in [-0.05, 0) is 24.1 Å². The fraction of sp³-hybridized carbons (Fsp3) is 0.529. The van der Waals surface area contributed by atoms with E-state index in [0.717, 1.165) is 12.0 Å². The van der Waals surface area contributed by atoms with Crippen molar-refractivity contribution in [3.63, 3.8) is 0 Å². The van der Waals surface area contributed by atoms with Gasteiger partial charge in [-0.25, -0.2) is 4.79 Å². The van der Waals surface area contributed by atoms with Gasteiger partial charge in [-0.15, -0.1) is 0 Å². The first kappa shape index (κ1) is 18.5. The van der Waals surface area contributed by atoms with E-state index < -0.39 is 0 Å². The number of nitrogens with two attached hydrogens (primary N) is 1. The maximum atomic E-state index is 12.2. The smallest absolute Gasteiger partial charge is 0.317 e. The van der Waals surface area contributed by atoms with Crippen LogP contribution in [0.2, 0.25) is 5.02 Å². The van der Waals surface area contributed by atoms with E-state index in [4.69, 9.17) is 17.3 Å². The van der Waals surface area contributed by atoms with Gasteiger partial charge in [0.05, 0.1) is 0 Å². The van der Waals surface area contributed by atoms with Gasteiger partial charge < -0.3 is 16.0 Å². The van der Waals surface area contributed by atoms with Crippen molar-refractivity contribution in [2.45, 2.75) is 32.4 Å². The molecule has 1 fully saturated rings. The first-order chi connectivity index (χ1) is 11.5. The number of halogens is 1. The van der Waals surface area contributed by atoms with Crippen molar-refractivity contribution < 1.29 is 9.59 Å². The Kier molecular flexibility index (Phi) is 6.87. The summed E-state index contributed by atoms with van der Waals surface area (Å²) in [4.78, 5) is 27.5. The molecule has 0 bridgehead atoms. The van der Waals surface area contributed by atoms with Crippen LogP contribution in [0.25, 0.3) is 0 Å². The van der Waals surface area contributed by atoms with Gasteiger partial charge in [-0.2, -0.15) is 0 Å². The molecule has 0 radical (unpaired) electrons. The third-order valence-electron chi connectivity index (χ3n) is 4.15. The quantitative estimate of drug-likeness (QED) is 0.819. The molecule has 132 valence electrons. The van der Waals surface area contributed by atoms with E-state index in [9.17, 15) is 9.59 Å². The van der Waals surface area contributed by atoms with E-state index in [0.29, 0.717) is 37.7 Å². The second-order valence-corrected chi connectivity index (χ2v) is 6.54. The first-order valence-electron chi connectivity index (χ1n) is 8.29. The molecule has 2 rings (SSSR count). The van der Waals surface area contributed by atoms with Gasteiger partial charge in [-0.3, -0.25) is 9.69 Å². The van der Waals surface area contributed by atoms with Crippen molar-refractivity contribution in [3.8, 4) is 0 Å². The lowest BCUT2D eigenvalue weighted by Gasteiger charge is -2.41. The Bertz CT molecular complexity index is 564. The predicted molar refractivity (Wildman–Crippen MR) is 94.7 cm³/mol. The van der Waals surface area contributed by atoms with Gasteiger partial charge in [0.2, 0.25) is 5.91 Å². The SMILES string of the molecule is CCCNC(=O)N1CCN(Cc2ccc(Cl)cc2)C(CC(N)=O)C1. The molecule has 0 spiro atoms. The van der Waals surface area contributed by atoms with Crippen molar-refractivity contribution >= 4 is 23.5 Å². The fourth-order valence-electron chi connectivity index (χ4n) is 2.88. The van der Waals surface area contributed by atoms with Crippen LogP contribution in [0.4, 0.5) is 4.79 Å². The van der Waals surface area contributed by atoms with Gasteiger partial charge in [-0.1, -0.05) is 30.7 Å². The molecule has 1 heterocycles. The number of primary amides is 1. The topological polar surface area (TPSA) is 78.7 Å². The Balaban J connectivity index is 2.01. The maximum Gasteiger partial charge on any atom is 0.317 e. The molecule has 1 atom stereocenters. The highest BCUT2D eigenvalue weighted by molar-refractivity contribution is 6.30. The summed E-state index contributed by atoms with van der Waals surface area (Å²) in [7, 11) is 0. The number of carbonyl (C=O) groups is 2. The van der Waals surface area contributed by atoms with Crippen molar-refractivity contribution in [3.05, 3.63) is 34.9 Å². The van der Waals surface area contributed by atoms with Crippen molar-refractivity contribution in [1.82, 2.24) is 15.1 Å². The minimum atomic E-state index is -0.350. The molecule has 1 aromatic rings. The van der Waals surface area contributed by atoms with E-state index in [1.54, 1.807) is 4.90 Å². The predicted octanol–water partition coefficient (Wildman–Crippen LogP) is 1.82. The number of nitrogens with zero attached hydrogens (tertiary/aromatic N) is 2. The molecule has 1 saturated heterocycles. The summed E-state index contributed by atoms with van der Waals surface area (Å²) in [6.07, 6.45) is 1.14. The average molecular weight is 353 g/mol. The summed E-state index contributed by atoms with van der Waals surface area (Å²) in [5.41, 5.74) is 6.52. The molecular formula is C17H25ClN4O2. The van der Waals surface area contributed by atoms with E-state index in [-0.39, 0.29) is 24.4 Å². The van der Waals surface area contributed by atoms with E-state index >= 15 is 0 Å². The van der Waals surface area contributed by atoms with Gasteiger partial charge in [0.1, 0.15) is 0 Å². The van der Waals surface area contributed by atoms with Crippen LogP contribution in [0.3, 0.4) is 0 Å². The molecule has 1 aliphatic rings. The molecule has 1 aromatic carbocycles. The molecular weight excluding hydrogens is 328 g/mol. The Morgan fingerprint density at radius 3 is 2.62 bits per heavy atom. The Morgan fingerprint density at radius 2 is 2.00 bits per heavy atom. The van der Waals surface area contributed by atoms with Gasteiger partial charge in [0.15, 0.2) is 0 Å². The van der Waals surface area contributed by atoms with E-state index in [1.807, 2.05) is 31.2 Å². The van der Waals surface area contributed by atoms with Crippen LogP contribution in [-0.4, -0.2) is 54.0 Å². The minimum Gasteiger partial charge on any atom is -0.370 e. The highest BCUT2D eigenvalue weighted by atomic mass is 35.5. The molecule has 3 amide bonds. The highest BCUT2D eigenvalue weighted by Gasteiger charge is 2.30. The number of carbonyl (C=O) groups excluding carboxylic acids is 2. The Morgan fingerprint density at radius 1 is 1.29 bits per heavy atom. The molecule has 0 saturated carbocycles. The van der Waals surface area contributed by atoms with Crippen LogP contribution in [-0.2, 0) is 11.3 Å². The number of urea groups is 1. The largest absolute Gasteiger partial charge is 0.370 e. The zero-order valence-corrected chi connectivity index (χ0v) is 14.8. The Hall–Kier alpha value is -1.79. The third kappa shape index (κ3) is 5.39. The van der Waals surface area contributed by atoms with Crippen molar-refractivity contribution in [1.29, 1.82) is 0 Å². The zero-order valence-electron chi connectivity index (χ0n) is 14.0. The summed E-state index contributed by atoms with van der Waals surface area (Å²) in [6, 6.07) is 7.52. The number of hydrogen-bond donors (Lipinski definition) is 2. The van der Waals surface area contributed by atoms with Crippen LogP contribution in [0, 0.1) is 0 Å². The van der Waals surface area contributed by atoms with E-state index in [1.165, 1.54) is 0 Å². The van der Waals surface area contributed by atoms with Crippen LogP contribution < -0.4 is 11.1 Å². The maximum absolute atomic E-state index is 12.2. The van der Waals surface area contributed by atoms with Crippen molar-refractivity contribution in [2.75, 3.05) is 26.2 Å². The summed E-state index contributed by atoms with van der Waals surface area (Å²) < 4.78 is 0. The molecule has 3 N–H and O–H groups in total. The Labute approximate surface area is 147 Å². The monoisotopic (exact) mass is 352 g/mol. The molecule has 0 aromatic heterocycles. The number of rotatable bonds is 6. The molecule has 1 aliphatic heterocycles. The van der Waals surface area contributed by atoms with Crippen LogP contribution in [0.15, 0.2) is 24.3 Å². The summed E-state index contributed by atoms with van der Waals surface area (Å²) in [5, 5.41) is 3.58. The standard InChI is InChI=1S/C17H25ClN4O2/c1-2-7-20-17(24)22-9-8-21(15(12-22)10-16(19)23)11-13-3-5-14(18)6-4-13/h3-6,15H,2,7-12H2,1H3,(H2,19,23)(H,20,24). The molecule has 1 unspecified atom stereocenters. The van der Waals surface area contributed by atoms with Crippen LogP contribution in [0.5, 0.6) is 0 Å². The van der Waals surface area contributed by atoms with Crippen LogP contribution >= 0.6 is 11.6 Å². The molecule has 6 nitrogen and oxygen atoms in total. The van der Waals surface area contributed by atoms with Crippen molar-refractivity contribution in [2.24, 2.45) is 5.73 Å². The number of hydrogen-bond acceptors (Lipinski definition) is 3. The van der Waals surface area contributed by atoms with Gasteiger partial charge in [0, 0.05) is 50.2 Å². The number of benzene rings is 1. The lowest BCUT2D eigenvalue weighted by atomic mass is 10.1. The van der Waals surface area contributed by atoms with Gasteiger partial charge >= 0.3 is 6.03 Å². The number of piperazine rings is 1. The average Bonchev–Trinajstić information content (AvgIpc) is 2.55. The van der Waals surface area contributed by atoms with Crippen LogP contribution in [0.1, 0.15) is 25.3 Å². The highest BCUT2D eigenvalue weighted by Crippen LogP contribution is 2.18. The fourth-order valence-corrected chi connectivity index (χ4v) is 3.01. The number of nitrogens with one attached hydrogen (secondary N) is 1. The minimum absolute atomic E-state index is 0.0701. The lowest BCUT2D eigenvalue weighted by molar-refractivity contribution is -0.119. The van der Waals surface area contributed by atoms with Gasteiger partial charge in [0.25, 0.3) is 0 Å².